The summed E-state index contributed by atoms with van der Waals surface area (Å²) in [6.07, 6.45) is 0. The van der Waals surface area contributed by atoms with Crippen LogP contribution in [0.15, 0.2) is 18.2 Å². The first kappa shape index (κ1) is 12.7. The van der Waals surface area contributed by atoms with Gasteiger partial charge in [-0.25, -0.2) is 0 Å². The van der Waals surface area contributed by atoms with Crippen LogP contribution in [-0.2, 0) is 4.74 Å². The molecule has 3 nitrogen and oxygen atoms in total. The minimum atomic E-state index is -0.0217. The van der Waals surface area contributed by atoms with E-state index in [-0.39, 0.29) is 11.6 Å². The van der Waals surface area contributed by atoms with Gasteiger partial charge in [-0.1, -0.05) is 17.7 Å². The van der Waals surface area contributed by atoms with Crippen LogP contribution in [0.1, 0.15) is 25.5 Å². The molecule has 2 rings (SSSR count). The highest BCUT2D eigenvalue weighted by Gasteiger charge is 2.29. The number of hydrogen-bond donors (Lipinski definition) is 1. The second-order valence-corrected chi connectivity index (χ2v) is 5.39. The quantitative estimate of drug-likeness (QED) is 0.882. The highest BCUT2D eigenvalue weighted by molar-refractivity contribution is 6.31. The van der Waals surface area contributed by atoms with Crippen LogP contribution in [0.5, 0.6) is 5.75 Å². The molecule has 0 amide bonds. The van der Waals surface area contributed by atoms with E-state index in [0.717, 1.165) is 17.9 Å². The van der Waals surface area contributed by atoms with Crippen molar-refractivity contribution in [2.45, 2.75) is 25.4 Å². The van der Waals surface area contributed by atoms with E-state index >= 15 is 0 Å². The van der Waals surface area contributed by atoms with Crippen LogP contribution in [0.3, 0.4) is 0 Å². The standard InChI is InChI=1S/C13H18ClNO2/c1-13(2)8-17-7-12(15-13)10-5-4-9(16-3)6-11(10)14/h4-6,12,15H,7-8H2,1-3H3. The molecule has 94 valence electrons. The third kappa shape index (κ3) is 2.92. The lowest BCUT2D eigenvalue weighted by atomic mass is 9.99. The molecule has 1 heterocycles. The van der Waals surface area contributed by atoms with Gasteiger partial charge in [0.25, 0.3) is 0 Å². The Hall–Kier alpha value is -0.770. The molecule has 0 radical (unpaired) electrons. The largest absolute Gasteiger partial charge is 0.497 e. The molecule has 4 heteroatoms. The summed E-state index contributed by atoms with van der Waals surface area (Å²) in [4.78, 5) is 0. The van der Waals surface area contributed by atoms with Gasteiger partial charge in [0.1, 0.15) is 5.75 Å². The number of halogens is 1. The van der Waals surface area contributed by atoms with Crippen LogP contribution in [0.2, 0.25) is 5.02 Å². The maximum Gasteiger partial charge on any atom is 0.120 e. The highest BCUT2D eigenvalue weighted by atomic mass is 35.5. The zero-order valence-corrected chi connectivity index (χ0v) is 11.2. The Balaban J connectivity index is 2.22. The highest BCUT2D eigenvalue weighted by Crippen LogP contribution is 2.30. The minimum Gasteiger partial charge on any atom is -0.497 e. The zero-order chi connectivity index (χ0) is 12.5. The Morgan fingerprint density at radius 1 is 1.47 bits per heavy atom. The molecule has 1 fully saturated rings. The van der Waals surface area contributed by atoms with Crippen molar-refractivity contribution in [3.8, 4) is 5.75 Å². The molecule has 1 atom stereocenters. The topological polar surface area (TPSA) is 30.5 Å². The van der Waals surface area contributed by atoms with Gasteiger partial charge in [0.2, 0.25) is 0 Å². The lowest BCUT2D eigenvalue weighted by Crippen LogP contribution is -2.51. The van der Waals surface area contributed by atoms with Crippen molar-refractivity contribution in [3.63, 3.8) is 0 Å². The predicted molar refractivity (Wildman–Crippen MR) is 68.8 cm³/mol. The SMILES string of the molecule is COc1ccc(C2COCC(C)(C)N2)c(Cl)c1. The number of benzene rings is 1. The van der Waals surface area contributed by atoms with Gasteiger partial charge >= 0.3 is 0 Å². The molecule has 1 aromatic rings. The summed E-state index contributed by atoms with van der Waals surface area (Å²) < 4.78 is 10.8. The Bertz CT molecular complexity index is 406. The molecular formula is C13H18ClNO2. The first-order chi connectivity index (χ1) is 8.02. The van der Waals surface area contributed by atoms with E-state index in [0.29, 0.717) is 11.6 Å². The number of morpholine rings is 1. The van der Waals surface area contributed by atoms with Crippen molar-refractivity contribution in [2.24, 2.45) is 0 Å². The summed E-state index contributed by atoms with van der Waals surface area (Å²) >= 11 is 6.26. The van der Waals surface area contributed by atoms with Gasteiger partial charge in [-0.3, -0.25) is 0 Å². The fraction of sp³-hybridized carbons (Fsp3) is 0.538. The van der Waals surface area contributed by atoms with Crippen molar-refractivity contribution in [2.75, 3.05) is 20.3 Å². The molecular weight excluding hydrogens is 238 g/mol. The number of hydrogen-bond acceptors (Lipinski definition) is 3. The fourth-order valence-corrected chi connectivity index (χ4v) is 2.37. The van der Waals surface area contributed by atoms with Gasteiger partial charge < -0.3 is 14.8 Å². The van der Waals surface area contributed by atoms with Gasteiger partial charge in [0, 0.05) is 10.6 Å². The molecule has 1 aliphatic rings. The van der Waals surface area contributed by atoms with E-state index in [9.17, 15) is 0 Å². The first-order valence-electron chi connectivity index (χ1n) is 5.71. The summed E-state index contributed by atoms with van der Waals surface area (Å²) in [5.41, 5.74) is 1.03. The molecule has 17 heavy (non-hydrogen) atoms. The zero-order valence-electron chi connectivity index (χ0n) is 10.4. The van der Waals surface area contributed by atoms with Crippen LogP contribution < -0.4 is 10.1 Å². The lowest BCUT2D eigenvalue weighted by Gasteiger charge is -2.37. The van der Waals surface area contributed by atoms with E-state index in [1.54, 1.807) is 7.11 Å². The fourth-order valence-electron chi connectivity index (χ4n) is 2.07. The smallest absolute Gasteiger partial charge is 0.120 e. The van der Waals surface area contributed by atoms with Gasteiger partial charge in [-0.05, 0) is 31.5 Å². The third-order valence-corrected chi connectivity index (χ3v) is 3.22. The predicted octanol–water partition coefficient (Wildman–Crippen LogP) is 2.79. The normalized spacial score (nSPS) is 23.4. The van der Waals surface area contributed by atoms with E-state index in [2.05, 4.69) is 19.2 Å². The third-order valence-electron chi connectivity index (χ3n) is 2.90. The Morgan fingerprint density at radius 3 is 2.82 bits per heavy atom. The van der Waals surface area contributed by atoms with Crippen LogP contribution in [0.25, 0.3) is 0 Å². The van der Waals surface area contributed by atoms with E-state index < -0.39 is 0 Å². The van der Waals surface area contributed by atoms with Gasteiger partial charge in [0.05, 0.1) is 26.4 Å². The summed E-state index contributed by atoms with van der Waals surface area (Å²) in [6, 6.07) is 5.88. The number of nitrogens with one attached hydrogen (secondary N) is 1. The van der Waals surface area contributed by atoms with Crippen molar-refractivity contribution in [1.82, 2.24) is 5.32 Å². The lowest BCUT2D eigenvalue weighted by molar-refractivity contribution is 0.0127. The first-order valence-corrected chi connectivity index (χ1v) is 6.08. The molecule has 0 saturated carbocycles. The van der Waals surface area contributed by atoms with Crippen LogP contribution >= 0.6 is 11.6 Å². The van der Waals surface area contributed by atoms with Crippen LogP contribution in [-0.4, -0.2) is 25.9 Å². The van der Waals surface area contributed by atoms with Crippen molar-refractivity contribution in [3.05, 3.63) is 28.8 Å². The molecule has 1 aliphatic heterocycles. The van der Waals surface area contributed by atoms with E-state index in [1.165, 1.54) is 0 Å². The molecule has 0 aromatic heterocycles. The molecule has 0 spiro atoms. The van der Waals surface area contributed by atoms with E-state index in [1.807, 2.05) is 18.2 Å². The molecule has 1 N–H and O–H groups in total. The summed E-state index contributed by atoms with van der Waals surface area (Å²) in [7, 11) is 1.64. The molecule has 0 bridgehead atoms. The van der Waals surface area contributed by atoms with Crippen LogP contribution in [0, 0.1) is 0 Å². The Kier molecular flexibility index (Phi) is 3.61. The molecule has 1 saturated heterocycles. The minimum absolute atomic E-state index is 0.0217. The number of ether oxygens (including phenoxy) is 2. The second-order valence-electron chi connectivity index (χ2n) is 4.98. The van der Waals surface area contributed by atoms with Crippen molar-refractivity contribution in [1.29, 1.82) is 0 Å². The average Bonchev–Trinajstić information content (AvgIpc) is 2.27. The molecule has 0 aliphatic carbocycles. The second kappa shape index (κ2) is 4.84. The van der Waals surface area contributed by atoms with Crippen molar-refractivity contribution >= 4 is 11.6 Å². The number of methoxy groups -OCH3 is 1. The van der Waals surface area contributed by atoms with Crippen LogP contribution in [0.4, 0.5) is 0 Å². The Morgan fingerprint density at radius 2 is 2.24 bits per heavy atom. The van der Waals surface area contributed by atoms with E-state index in [4.69, 9.17) is 21.1 Å². The average molecular weight is 256 g/mol. The monoisotopic (exact) mass is 255 g/mol. The molecule has 1 unspecified atom stereocenters. The molecule has 1 aromatic carbocycles. The summed E-state index contributed by atoms with van der Waals surface area (Å²) in [6.45, 7) is 5.61. The number of rotatable bonds is 2. The maximum absolute atomic E-state index is 6.26. The van der Waals surface area contributed by atoms with Gasteiger partial charge in [-0.15, -0.1) is 0 Å². The summed E-state index contributed by atoms with van der Waals surface area (Å²) in [5, 5.41) is 4.25. The Labute approximate surface area is 107 Å². The van der Waals surface area contributed by atoms with Gasteiger partial charge in [0.15, 0.2) is 0 Å². The maximum atomic E-state index is 6.26. The summed E-state index contributed by atoms with van der Waals surface area (Å²) in [5.74, 6) is 0.773. The van der Waals surface area contributed by atoms with Crippen molar-refractivity contribution < 1.29 is 9.47 Å². The van der Waals surface area contributed by atoms with Gasteiger partial charge in [-0.2, -0.15) is 0 Å².